The quantitative estimate of drug-likeness (QED) is 0.356. The van der Waals surface area contributed by atoms with E-state index in [4.69, 9.17) is 4.74 Å². The van der Waals surface area contributed by atoms with E-state index in [1.165, 1.54) is 0 Å². The van der Waals surface area contributed by atoms with Gasteiger partial charge in [0.15, 0.2) is 6.23 Å². The van der Waals surface area contributed by atoms with Crippen LogP contribution >= 0.6 is 0 Å². The van der Waals surface area contributed by atoms with E-state index in [-0.39, 0.29) is 6.23 Å². The molecule has 42 valence electrons. The van der Waals surface area contributed by atoms with Crippen LogP contribution in [0.2, 0.25) is 0 Å². The Morgan fingerprint density at radius 2 is 2.57 bits per heavy atom. The molecule has 1 fully saturated rings. The average molecular weight is 104 g/mol. The fourth-order valence-corrected chi connectivity index (χ4v) is 0.241. The van der Waals surface area contributed by atoms with Gasteiger partial charge in [0.1, 0.15) is 0 Å². The summed E-state index contributed by atoms with van der Waals surface area (Å²) in [4.78, 5) is 4.53. The zero-order chi connectivity index (χ0) is 5.11. The van der Waals surface area contributed by atoms with Gasteiger partial charge in [-0.05, 0) is 0 Å². The summed E-state index contributed by atoms with van der Waals surface area (Å²) in [5, 5.41) is 0. The topological polar surface area (TPSA) is 45.8 Å². The van der Waals surface area contributed by atoms with Crippen molar-refractivity contribution in [1.29, 1.82) is 0 Å². The Kier molecular flexibility index (Phi) is 1.59. The molecule has 0 aromatic heterocycles. The lowest BCUT2D eigenvalue weighted by atomic mass is 10.8. The molecule has 0 spiro atoms. The van der Waals surface area contributed by atoms with Gasteiger partial charge in [-0.1, -0.05) is 0 Å². The molecule has 0 amide bonds. The summed E-state index contributed by atoms with van der Waals surface area (Å²) < 4.78 is 4.73. The highest BCUT2D eigenvalue weighted by atomic mass is 16.8. The highest BCUT2D eigenvalue weighted by Crippen LogP contribution is 2.01. The van der Waals surface area contributed by atoms with Gasteiger partial charge in [-0.2, -0.15) is 11.0 Å². The van der Waals surface area contributed by atoms with Crippen molar-refractivity contribution < 1.29 is 9.68 Å². The first-order valence-electron chi connectivity index (χ1n) is 2.13. The van der Waals surface area contributed by atoms with Crippen molar-refractivity contribution >= 4 is 0 Å². The molecular weight excluding hydrogens is 96.0 g/mol. The summed E-state index contributed by atoms with van der Waals surface area (Å²) in [6.07, 6.45) is 0.118. The van der Waals surface area contributed by atoms with Crippen molar-refractivity contribution in [2.45, 2.75) is 6.23 Å². The lowest BCUT2D eigenvalue weighted by molar-refractivity contribution is -0.0444. The molecule has 0 aromatic carbocycles. The van der Waals surface area contributed by atoms with Crippen molar-refractivity contribution in [3.63, 3.8) is 0 Å². The summed E-state index contributed by atoms with van der Waals surface area (Å²) in [6.45, 7) is 0.752. The van der Waals surface area contributed by atoms with Crippen LogP contribution in [0.25, 0.3) is 0 Å². The maximum atomic E-state index is 4.73. The monoisotopic (exact) mass is 104 g/mol. The van der Waals surface area contributed by atoms with Gasteiger partial charge in [0.25, 0.3) is 0 Å². The molecule has 1 aliphatic rings. The van der Waals surface area contributed by atoms with E-state index in [0.717, 1.165) is 6.61 Å². The number of nitrogens with one attached hydrogen (secondary N) is 2. The van der Waals surface area contributed by atoms with Crippen molar-refractivity contribution in [3.8, 4) is 0 Å². The lowest BCUT2D eigenvalue weighted by Gasteiger charge is -1.95. The predicted molar refractivity (Wildman–Crippen MR) is 23.0 cm³/mol. The first-order chi connectivity index (χ1) is 3.43. The molecule has 0 saturated carbocycles. The molecule has 0 aliphatic carbocycles. The summed E-state index contributed by atoms with van der Waals surface area (Å²) >= 11 is 0. The minimum absolute atomic E-state index is 0.118. The highest BCUT2D eigenvalue weighted by Gasteiger charge is 2.21. The lowest BCUT2D eigenvalue weighted by Crippen LogP contribution is -2.24. The van der Waals surface area contributed by atoms with Gasteiger partial charge in [0.05, 0.1) is 6.61 Å². The highest BCUT2D eigenvalue weighted by molar-refractivity contribution is 4.58. The smallest absolute Gasteiger partial charge is 0.155 e. The SMILES string of the molecule is CNONC1CO1. The van der Waals surface area contributed by atoms with Crippen LogP contribution < -0.4 is 11.0 Å². The number of hydroxylamine groups is 2. The molecule has 0 radical (unpaired) electrons. The number of hydrogen-bond acceptors (Lipinski definition) is 4. The Hall–Kier alpha value is -0.160. The third-order valence-electron chi connectivity index (χ3n) is 0.626. The molecule has 7 heavy (non-hydrogen) atoms. The van der Waals surface area contributed by atoms with Gasteiger partial charge < -0.3 is 4.74 Å². The van der Waals surface area contributed by atoms with Gasteiger partial charge in [0, 0.05) is 7.05 Å². The second-order valence-corrected chi connectivity index (χ2v) is 1.25. The number of epoxide rings is 1. The predicted octanol–water partition coefficient (Wildman–Crippen LogP) is -1.00. The Morgan fingerprint density at radius 1 is 1.86 bits per heavy atom. The number of ether oxygens (including phenoxy) is 1. The Labute approximate surface area is 41.7 Å². The van der Waals surface area contributed by atoms with Gasteiger partial charge in [-0.3, -0.25) is 0 Å². The molecule has 4 nitrogen and oxygen atoms in total. The van der Waals surface area contributed by atoms with Crippen molar-refractivity contribution in [1.82, 2.24) is 11.0 Å². The molecule has 0 bridgehead atoms. The first-order valence-corrected chi connectivity index (χ1v) is 2.13. The molecule has 1 aliphatic heterocycles. The zero-order valence-electron chi connectivity index (χ0n) is 4.10. The third-order valence-corrected chi connectivity index (χ3v) is 0.626. The van der Waals surface area contributed by atoms with Crippen LogP contribution in [-0.2, 0) is 9.68 Å². The van der Waals surface area contributed by atoms with E-state index in [0.29, 0.717) is 0 Å². The van der Waals surface area contributed by atoms with Gasteiger partial charge in [0.2, 0.25) is 0 Å². The van der Waals surface area contributed by atoms with Crippen LogP contribution in [0, 0.1) is 0 Å². The second kappa shape index (κ2) is 2.23. The summed E-state index contributed by atoms with van der Waals surface area (Å²) in [5.41, 5.74) is 5.02. The Balaban J connectivity index is 1.80. The van der Waals surface area contributed by atoms with Gasteiger partial charge >= 0.3 is 0 Å². The van der Waals surface area contributed by atoms with E-state index in [1.807, 2.05) is 0 Å². The number of rotatable bonds is 3. The van der Waals surface area contributed by atoms with E-state index in [9.17, 15) is 0 Å². The van der Waals surface area contributed by atoms with Crippen LogP contribution in [0.1, 0.15) is 0 Å². The molecule has 2 N–H and O–H groups in total. The minimum atomic E-state index is 0.118. The van der Waals surface area contributed by atoms with Crippen LogP contribution in [0.15, 0.2) is 0 Å². The molecule has 1 atom stereocenters. The average Bonchev–Trinajstić information content (AvgIpc) is 2.42. The molecule has 0 aromatic rings. The summed E-state index contributed by atoms with van der Waals surface area (Å²) in [5.74, 6) is 0. The van der Waals surface area contributed by atoms with Crippen molar-refractivity contribution in [3.05, 3.63) is 0 Å². The first kappa shape index (κ1) is 4.99. The van der Waals surface area contributed by atoms with Gasteiger partial charge in [-0.15, -0.1) is 0 Å². The normalized spacial score (nSPS) is 27.9. The maximum Gasteiger partial charge on any atom is 0.155 e. The third kappa shape index (κ3) is 1.84. The molecule has 1 saturated heterocycles. The van der Waals surface area contributed by atoms with E-state index in [1.54, 1.807) is 7.05 Å². The zero-order valence-corrected chi connectivity index (χ0v) is 4.10. The Bertz CT molecular complexity index is 54.9. The molecule has 1 rings (SSSR count). The second-order valence-electron chi connectivity index (χ2n) is 1.25. The molecule has 4 heteroatoms. The maximum absolute atomic E-state index is 4.73. The fraction of sp³-hybridized carbons (Fsp3) is 1.00. The van der Waals surface area contributed by atoms with Crippen LogP contribution in [-0.4, -0.2) is 19.9 Å². The minimum Gasteiger partial charge on any atom is -0.355 e. The fourth-order valence-electron chi connectivity index (χ4n) is 0.241. The van der Waals surface area contributed by atoms with Crippen LogP contribution in [0.3, 0.4) is 0 Å². The van der Waals surface area contributed by atoms with Gasteiger partial charge in [-0.25, -0.2) is 4.94 Å². The Morgan fingerprint density at radius 3 is 3.00 bits per heavy atom. The molecule has 1 unspecified atom stereocenters. The van der Waals surface area contributed by atoms with Crippen LogP contribution in [0.4, 0.5) is 0 Å². The van der Waals surface area contributed by atoms with Crippen molar-refractivity contribution in [2.24, 2.45) is 0 Å². The van der Waals surface area contributed by atoms with Crippen LogP contribution in [0.5, 0.6) is 0 Å². The van der Waals surface area contributed by atoms with E-state index >= 15 is 0 Å². The largest absolute Gasteiger partial charge is 0.355 e. The van der Waals surface area contributed by atoms with E-state index in [2.05, 4.69) is 15.9 Å². The van der Waals surface area contributed by atoms with E-state index < -0.39 is 0 Å². The number of hydrogen-bond donors (Lipinski definition) is 2. The van der Waals surface area contributed by atoms with Crippen molar-refractivity contribution in [2.75, 3.05) is 13.7 Å². The molecule has 1 heterocycles. The summed E-state index contributed by atoms with van der Waals surface area (Å²) in [6, 6.07) is 0. The standard InChI is InChI=1S/C3H8N2O2/c1-4-7-5-3-2-6-3/h3-5H,2H2,1H3. The molecular formula is C3H8N2O2. The summed E-state index contributed by atoms with van der Waals surface area (Å²) in [7, 11) is 1.68.